The summed E-state index contributed by atoms with van der Waals surface area (Å²) in [6, 6.07) is 0. The molecule has 0 spiro atoms. The molecule has 3 N–H and O–H groups in total. The van der Waals surface area contributed by atoms with Gasteiger partial charge < -0.3 is 10.8 Å². The van der Waals surface area contributed by atoms with Gasteiger partial charge in [-0.25, -0.2) is 0 Å². The summed E-state index contributed by atoms with van der Waals surface area (Å²) in [4.78, 5) is 0. The number of nitrogens with zero attached hydrogens (tertiary/aromatic N) is 2. The third-order valence-corrected chi connectivity index (χ3v) is 3.36. The number of nitrogens with two attached hydrogens (primary N) is 1. The van der Waals surface area contributed by atoms with E-state index >= 15 is 0 Å². The number of aryl methyl sites for hydroxylation is 1. The number of aliphatic hydroxyl groups excluding tert-OH is 1. The van der Waals surface area contributed by atoms with Gasteiger partial charge >= 0.3 is 0 Å². The molecular weight excluding hydrogens is 258 g/mol. The summed E-state index contributed by atoms with van der Waals surface area (Å²) in [6.07, 6.45) is 1.11. The highest BCUT2D eigenvalue weighted by Crippen LogP contribution is 2.31. The minimum absolute atomic E-state index is 0.0525. The molecule has 1 heterocycles. The summed E-state index contributed by atoms with van der Waals surface area (Å²) in [5.74, 6) is 0.392. The summed E-state index contributed by atoms with van der Waals surface area (Å²) in [5, 5.41) is 14.3. The first kappa shape index (κ1) is 12.7. The van der Waals surface area contributed by atoms with E-state index in [2.05, 4.69) is 34.9 Å². The van der Waals surface area contributed by atoms with Gasteiger partial charge in [0, 0.05) is 13.0 Å². The standard InChI is InChI=1S/C10H18BrN3O/c1-6(2)7(4-12)10(15)9-8(11)5-13-14(9)3/h5-7,10,15H,4,12H2,1-3H3. The van der Waals surface area contributed by atoms with Crippen molar-refractivity contribution in [3.8, 4) is 0 Å². The average molecular weight is 276 g/mol. The quantitative estimate of drug-likeness (QED) is 0.874. The van der Waals surface area contributed by atoms with Crippen LogP contribution in [0, 0.1) is 11.8 Å². The second-order valence-corrected chi connectivity index (χ2v) is 4.94. The van der Waals surface area contributed by atoms with E-state index in [0.29, 0.717) is 12.5 Å². The van der Waals surface area contributed by atoms with Gasteiger partial charge in [0.1, 0.15) is 6.10 Å². The zero-order valence-corrected chi connectivity index (χ0v) is 10.9. The van der Waals surface area contributed by atoms with Gasteiger partial charge in [0.05, 0.1) is 16.4 Å². The summed E-state index contributed by atoms with van der Waals surface area (Å²) in [5.41, 5.74) is 6.47. The zero-order chi connectivity index (χ0) is 11.6. The summed E-state index contributed by atoms with van der Waals surface area (Å²) in [7, 11) is 1.82. The van der Waals surface area contributed by atoms with E-state index < -0.39 is 6.10 Å². The van der Waals surface area contributed by atoms with E-state index in [-0.39, 0.29) is 5.92 Å². The summed E-state index contributed by atoms with van der Waals surface area (Å²) >= 11 is 3.38. The first-order valence-corrected chi connectivity index (χ1v) is 5.83. The van der Waals surface area contributed by atoms with Crippen LogP contribution in [0.25, 0.3) is 0 Å². The third kappa shape index (κ3) is 2.59. The maximum atomic E-state index is 10.2. The van der Waals surface area contributed by atoms with E-state index in [9.17, 15) is 5.11 Å². The van der Waals surface area contributed by atoms with Crippen molar-refractivity contribution in [3.05, 3.63) is 16.4 Å². The lowest BCUT2D eigenvalue weighted by atomic mass is 9.89. The second kappa shape index (κ2) is 5.09. The first-order valence-electron chi connectivity index (χ1n) is 5.04. The van der Waals surface area contributed by atoms with E-state index in [4.69, 9.17) is 5.73 Å². The molecule has 1 rings (SSSR count). The molecule has 0 aromatic carbocycles. The Bertz CT molecular complexity index is 305. The van der Waals surface area contributed by atoms with Crippen LogP contribution in [0.2, 0.25) is 0 Å². The van der Waals surface area contributed by atoms with Crippen LogP contribution >= 0.6 is 15.9 Å². The summed E-state index contributed by atoms with van der Waals surface area (Å²) < 4.78 is 2.51. The molecule has 4 nitrogen and oxygen atoms in total. The molecular formula is C10H18BrN3O. The van der Waals surface area contributed by atoms with Crippen molar-refractivity contribution in [2.75, 3.05) is 6.54 Å². The highest BCUT2D eigenvalue weighted by Gasteiger charge is 2.26. The van der Waals surface area contributed by atoms with Gasteiger partial charge in [-0.3, -0.25) is 4.68 Å². The van der Waals surface area contributed by atoms with E-state index in [0.717, 1.165) is 10.2 Å². The average Bonchev–Trinajstić information content (AvgIpc) is 2.46. The highest BCUT2D eigenvalue weighted by molar-refractivity contribution is 9.10. The monoisotopic (exact) mass is 275 g/mol. The molecule has 0 aliphatic rings. The second-order valence-electron chi connectivity index (χ2n) is 4.09. The third-order valence-electron chi connectivity index (χ3n) is 2.75. The van der Waals surface area contributed by atoms with Gasteiger partial charge in [-0.05, 0) is 28.4 Å². The van der Waals surface area contributed by atoms with Crippen LogP contribution in [0.1, 0.15) is 25.6 Å². The molecule has 0 saturated heterocycles. The maximum Gasteiger partial charge on any atom is 0.101 e. The molecule has 1 aromatic heterocycles. The molecule has 0 radical (unpaired) electrons. The normalized spacial score (nSPS) is 15.7. The van der Waals surface area contributed by atoms with Crippen LogP contribution in [-0.2, 0) is 7.05 Å². The van der Waals surface area contributed by atoms with Crippen molar-refractivity contribution >= 4 is 15.9 Å². The van der Waals surface area contributed by atoms with Gasteiger partial charge in [0.25, 0.3) is 0 Å². The van der Waals surface area contributed by atoms with E-state index in [1.54, 1.807) is 10.9 Å². The van der Waals surface area contributed by atoms with Crippen LogP contribution in [0.5, 0.6) is 0 Å². The topological polar surface area (TPSA) is 64.1 Å². The van der Waals surface area contributed by atoms with Gasteiger partial charge in [0.2, 0.25) is 0 Å². The Morgan fingerprint density at radius 1 is 1.60 bits per heavy atom. The molecule has 15 heavy (non-hydrogen) atoms. The number of aliphatic hydroxyl groups is 1. The molecule has 0 bridgehead atoms. The fourth-order valence-corrected chi connectivity index (χ4v) is 2.30. The lowest BCUT2D eigenvalue weighted by Gasteiger charge is -2.25. The Labute approximate surface area is 98.6 Å². The van der Waals surface area contributed by atoms with Crippen molar-refractivity contribution in [1.29, 1.82) is 0 Å². The predicted octanol–water partition coefficient (Wildman–Crippen LogP) is 1.45. The van der Waals surface area contributed by atoms with Gasteiger partial charge in [0.15, 0.2) is 0 Å². The number of aromatic nitrogens is 2. The first-order chi connectivity index (χ1) is 6.99. The van der Waals surface area contributed by atoms with Crippen LogP contribution in [0.3, 0.4) is 0 Å². The Kier molecular flexibility index (Phi) is 4.31. The number of rotatable bonds is 4. The Balaban J connectivity index is 2.97. The van der Waals surface area contributed by atoms with Crippen LogP contribution < -0.4 is 5.73 Å². The molecule has 5 heteroatoms. The minimum atomic E-state index is -0.572. The van der Waals surface area contributed by atoms with Crippen molar-refractivity contribution in [2.24, 2.45) is 24.6 Å². The molecule has 0 aliphatic heterocycles. The molecule has 0 fully saturated rings. The van der Waals surface area contributed by atoms with Gasteiger partial charge in [-0.2, -0.15) is 5.10 Å². The van der Waals surface area contributed by atoms with Crippen LogP contribution in [0.15, 0.2) is 10.7 Å². The molecule has 2 unspecified atom stereocenters. The zero-order valence-electron chi connectivity index (χ0n) is 9.31. The Hall–Kier alpha value is -0.390. The van der Waals surface area contributed by atoms with Gasteiger partial charge in [-0.15, -0.1) is 0 Å². The molecule has 0 amide bonds. The smallest absolute Gasteiger partial charge is 0.101 e. The SMILES string of the molecule is CC(C)C(CN)C(O)c1c(Br)cnn1C. The largest absolute Gasteiger partial charge is 0.386 e. The predicted molar refractivity (Wildman–Crippen MR) is 63.3 cm³/mol. The molecule has 1 aromatic rings. The molecule has 0 aliphatic carbocycles. The van der Waals surface area contributed by atoms with E-state index in [1.807, 2.05) is 7.05 Å². The highest BCUT2D eigenvalue weighted by atomic mass is 79.9. The van der Waals surface area contributed by atoms with E-state index in [1.165, 1.54) is 0 Å². The minimum Gasteiger partial charge on any atom is -0.386 e. The lowest BCUT2D eigenvalue weighted by Crippen LogP contribution is -2.28. The lowest BCUT2D eigenvalue weighted by molar-refractivity contribution is 0.0782. The summed E-state index contributed by atoms with van der Waals surface area (Å²) in [6.45, 7) is 4.59. The fraction of sp³-hybridized carbons (Fsp3) is 0.700. The van der Waals surface area contributed by atoms with Gasteiger partial charge in [-0.1, -0.05) is 13.8 Å². The van der Waals surface area contributed by atoms with Crippen molar-refractivity contribution in [2.45, 2.75) is 20.0 Å². The molecule has 0 saturated carbocycles. The van der Waals surface area contributed by atoms with Crippen molar-refractivity contribution in [3.63, 3.8) is 0 Å². The number of halogens is 1. The van der Waals surface area contributed by atoms with Crippen LogP contribution in [0.4, 0.5) is 0 Å². The Morgan fingerprint density at radius 3 is 2.53 bits per heavy atom. The van der Waals surface area contributed by atoms with Crippen molar-refractivity contribution in [1.82, 2.24) is 9.78 Å². The maximum absolute atomic E-state index is 10.2. The number of hydrogen-bond acceptors (Lipinski definition) is 3. The molecule has 2 atom stereocenters. The Morgan fingerprint density at radius 2 is 2.20 bits per heavy atom. The van der Waals surface area contributed by atoms with Crippen molar-refractivity contribution < 1.29 is 5.11 Å². The molecule has 86 valence electrons. The fourth-order valence-electron chi connectivity index (χ4n) is 1.72. The number of hydrogen-bond donors (Lipinski definition) is 2. The van der Waals surface area contributed by atoms with Crippen LogP contribution in [-0.4, -0.2) is 21.4 Å².